The highest BCUT2D eigenvalue weighted by atomic mass is 16.3. The van der Waals surface area contributed by atoms with Gasteiger partial charge in [0.1, 0.15) is 0 Å². The Labute approximate surface area is 92.3 Å². The molecule has 0 aliphatic rings. The highest BCUT2D eigenvalue weighted by Gasteiger charge is 2.15. The van der Waals surface area contributed by atoms with Gasteiger partial charge in [-0.3, -0.25) is 0 Å². The topological polar surface area (TPSA) is 32.3 Å². The molecule has 1 atom stereocenters. The molecule has 0 aliphatic carbocycles. The molecule has 1 aromatic carbocycles. The number of aliphatic hydroxyl groups is 1. The van der Waals surface area contributed by atoms with Crippen molar-refractivity contribution in [3.8, 4) is 0 Å². The summed E-state index contributed by atoms with van der Waals surface area (Å²) in [5.41, 5.74) is 2.64. The SMILES string of the molecule is Cc1ccccc1C(NCCO)C(C)C. The summed E-state index contributed by atoms with van der Waals surface area (Å²) in [6.07, 6.45) is 0. The lowest BCUT2D eigenvalue weighted by Crippen LogP contribution is -2.28. The molecule has 0 saturated heterocycles. The average Bonchev–Trinajstić information content (AvgIpc) is 2.20. The minimum atomic E-state index is 0.190. The number of hydrogen-bond donors (Lipinski definition) is 2. The molecular formula is C13H21NO. The number of aliphatic hydroxyl groups excluding tert-OH is 1. The lowest BCUT2D eigenvalue weighted by molar-refractivity contribution is 0.274. The molecule has 0 aromatic heterocycles. The van der Waals surface area contributed by atoms with Gasteiger partial charge >= 0.3 is 0 Å². The van der Waals surface area contributed by atoms with E-state index in [-0.39, 0.29) is 6.61 Å². The highest BCUT2D eigenvalue weighted by Crippen LogP contribution is 2.24. The van der Waals surface area contributed by atoms with Crippen molar-refractivity contribution in [1.82, 2.24) is 5.32 Å². The normalized spacial score (nSPS) is 13.1. The van der Waals surface area contributed by atoms with Gasteiger partial charge in [-0.05, 0) is 24.0 Å². The summed E-state index contributed by atoms with van der Waals surface area (Å²) in [7, 11) is 0. The number of benzene rings is 1. The van der Waals surface area contributed by atoms with E-state index in [2.05, 4.69) is 50.4 Å². The summed E-state index contributed by atoms with van der Waals surface area (Å²) in [4.78, 5) is 0. The molecule has 0 radical (unpaired) electrons. The van der Waals surface area contributed by atoms with E-state index in [1.54, 1.807) is 0 Å². The molecule has 15 heavy (non-hydrogen) atoms. The first-order valence-corrected chi connectivity index (χ1v) is 5.56. The summed E-state index contributed by atoms with van der Waals surface area (Å²) in [6, 6.07) is 8.74. The summed E-state index contributed by atoms with van der Waals surface area (Å²) in [5.74, 6) is 0.526. The summed E-state index contributed by atoms with van der Waals surface area (Å²) in [6.45, 7) is 7.36. The monoisotopic (exact) mass is 207 g/mol. The predicted octanol–water partition coefficient (Wildman–Crippen LogP) is 2.27. The molecule has 0 spiro atoms. The van der Waals surface area contributed by atoms with Crippen molar-refractivity contribution in [2.24, 2.45) is 5.92 Å². The second-order valence-electron chi connectivity index (χ2n) is 4.26. The van der Waals surface area contributed by atoms with Gasteiger partial charge in [0.25, 0.3) is 0 Å². The van der Waals surface area contributed by atoms with Crippen molar-refractivity contribution in [1.29, 1.82) is 0 Å². The minimum Gasteiger partial charge on any atom is -0.395 e. The summed E-state index contributed by atoms with van der Waals surface area (Å²) < 4.78 is 0. The van der Waals surface area contributed by atoms with E-state index >= 15 is 0 Å². The fraction of sp³-hybridized carbons (Fsp3) is 0.538. The Morgan fingerprint density at radius 2 is 1.93 bits per heavy atom. The molecule has 2 N–H and O–H groups in total. The molecule has 1 aromatic rings. The van der Waals surface area contributed by atoms with E-state index in [0.29, 0.717) is 18.5 Å². The molecule has 0 fully saturated rings. The first-order chi connectivity index (χ1) is 7.16. The van der Waals surface area contributed by atoms with E-state index < -0.39 is 0 Å². The minimum absolute atomic E-state index is 0.190. The van der Waals surface area contributed by atoms with Crippen molar-refractivity contribution in [2.75, 3.05) is 13.2 Å². The lowest BCUT2D eigenvalue weighted by atomic mass is 9.93. The maximum atomic E-state index is 8.85. The molecule has 84 valence electrons. The van der Waals surface area contributed by atoms with Crippen molar-refractivity contribution in [3.63, 3.8) is 0 Å². The maximum Gasteiger partial charge on any atom is 0.0556 e. The van der Waals surface area contributed by atoms with Crippen LogP contribution in [0.3, 0.4) is 0 Å². The molecule has 0 aliphatic heterocycles. The van der Waals surface area contributed by atoms with Crippen LogP contribution < -0.4 is 5.32 Å². The van der Waals surface area contributed by atoms with Crippen molar-refractivity contribution >= 4 is 0 Å². The van der Waals surface area contributed by atoms with E-state index in [0.717, 1.165) is 0 Å². The summed E-state index contributed by atoms with van der Waals surface area (Å²) in [5, 5.41) is 12.2. The lowest BCUT2D eigenvalue weighted by Gasteiger charge is -2.24. The summed E-state index contributed by atoms with van der Waals surface area (Å²) >= 11 is 0. The van der Waals surface area contributed by atoms with Gasteiger partial charge in [-0.15, -0.1) is 0 Å². The third-order valence-corrected chi connectivity index (χ3v) is 2.67. The molecule has 1 unspecified atom stereocenters. The van der Waals surface area contributed by atoms with E-state index in [9.17, 15) is 0 Å². The van der Waals surface area contributed by atoms with Crippen molar-refractivity contribution in [2.45, 2.75) is 26.8 Å². The van der Waals surface area contributed by atoms with Crippen LogP contribution in [-0.2, 0) is 0 Å². The van der Waals surface area contributed by atoms with Gasteiger partial charge in [-0.2, -0.15) is 0 Å². The van der Waals surface area contributed by atoms with Gasteiger partial charge in [0, 0.05) is 12.6 Å². The third kappa shape index (κ3) is 3.33. The second-order valence-corrected chi connectivity index (χ2v) is 4.26. The van der Waals surface area contributed by atoms with Crippen LogP contribution in [0.4, 0.5) is 0 Å². The molecule has 0 amide bonds. The first-order valence-electron chi connectivity index (χ1n) is 5.56. The average molecular weight is 207 g/mol. The van der Waals surface area contributed by atoms with Gasteiger partial charge in [-0.25, -0.2) is 0 Å². The van der Waals surface area contributed by atoms with Gasteiger partial charge in [0.05, 0.1) is 6.61 Å². The van der Waals surface area contributed by atoms with Crippen LogP contribution in [0.5, 0.6) is 0 Å². The Morgan fingerprint density at radius 3 is 2.47 bits per heavy atom. The highest BCUT2D eigenvalue weighted by molar-refractivity contribution is 5.29. The molecule has 2 heteroatoms. The maximum absolute atomic E-state index is 8.85. The van der Waals surface area contributed by atoms with Gasteiger partial charge in [0.15, 0.2) is 0 Å². The van der Waals surface area contributed by atoms with Crippen molar-refractivity contribution < 1.29 is 5.11 Å². The van der Waals surface area contributed by atoms with Crippen LogP contribution in [0.15, 0.2) is 24.3 Å². The Bertz CT molecular complexity index is 296. The first kappa shape index (κ1) is 12.2. The number of nitrogens with one attached hydrogen (secondary N) is 1. The zero-order valence-electron chi connectivity index (χ0n) is 9.83. The van der Waals surface area contributed by atoms with Crippen LogP contribution in [0.1, 0.15) is 31.0 Å². The largest absolute Gasteiger partial charge is 0.395 e. The standard InChI is InChI=1S/C13H21NO/c1-10(2)13(14-8-9-15)12-7-5-4-6-11(12)3/h4-7,10,13-15H,8-9H2,1-3H3. The van der Waals surface area contributed by atoms with Crippen LogP contribution in [0.2, 0.25) is 0 Å². The zero-order chi connectivity index (χ0) is 11.3. The Balaban J connectivity index is 2.84. The van der Waals surface area contributed by atoms with E-state index in [1.807, 2.05) is 0 Å². The van der Waals surface area contributed by atoms with Crippen LogP contribution in [0.25, 0.3) is 0 Å². The molecule has 0 bridgehead atoms. The molecular weight excluding hydrogens is 186 g/mol. The van der Waals surface area contributed by atoms with Crippen LogP contribution in [-0.4, -0.2) is 18.3 Å². The third-order valence-electron chi connectivity index (χ3n) is 2.67. The Kier molecular flexibility index (Phi) is 4.79. The van der Waals surface area contributed by atoms with Gasteiger partial charge in [0.2, 0.25) is 0 Å². The molecule has 0 heterocycles. The Morgan fingerprint density at radius 1 is 1.27 bits per heavy atom. The predicted molar refractivity (Wildman–Crippen MR) is 63.8 cm³/mol. The quantitative estimate of drug-likeness (QED) is 0.776. The number of aryl methyl sites for hydroxylation is 1. The smallest absolute Gasteiger partial charge is 0.0556 e. The zero-order valence-corrected chi connectivity index (χ0v) is 9.83. The molecule has 2 nitrogen and oxygen atoms in total. The van der Waals surface area contributed by atoms with Gasteiger partial charge < -0.3 is 10.4 Å². The Hall–Kier alpha value is -0.860. The van der Waals surface area contributed by atoms with E-state index in [1.165, 1.54) is 11.1 Å². The van der Waals surface area contributed by atoms with Gasteiger partial charge in [-0.1, -0.05) is 38.1 Å². The van der Waals surface area contributed by atoms with Crippen molar-refractivity contribution in [3.05, 3.63) is 35.4 Å². The van der Waals surface area contributed by atoms with E-state index in [4.69, 9.17) is 5.11 Å². The fourth-order valence-corrected chi connectivity index (χ4v) is 1.86. The number of hydrogen-bond acceptors (Lipinski definition) is 2. The number of rotatable bonds is 5. The van der Waals surface area contributed by atoms with Crippen LogP contribution >= 0.6 is 0 Å². The fourth-order valence-electron chi connectivity index (χ4n) is 1.86. The molecule has 1 rings (SSSR count). The van der Waals surface area contributed by atoms with Crippen LogP contribution in [0, 0.1) is 12.8 Å². The second kappa shape index (κ2) is 5.89. The molecule has 0 saturated carbocycles.